The molecule has 0 aliphatic heterocycles. The molecular formula is C67H112O5. The van der Waals surface area contributed by atoms with Gasteiger partial charge >= 0.3 is 11.9 Å². The van der Waals surface area contributed by atoms with Crippen molar-refractivity contribution in [3.63, 3.8) is 0 Å². The number of allylic oxidation sites excluding steroid dienone is 20. The first kappa shape index (κ1) is 68.3. The van der Waals surface area contributed by atoms with Crippen LogP contribution in [0.25, 0.3) is 0 Å². The van der Waals surface area contributed by atoms with Crippen molar-refractivity contribution in [1.82, 2.24) is 0 Å². The SMILES string of the molecule is CC/C=C\C/C=C\C/C=C\C/C=C\C/C=C\C/C=C\C/C=C\C/C=C\CCCCCCCCCCCCCCC(=O)OC(CO)COC(=O)CCCCCCCCCCC/C=C\C/C=C\CCCCCCC. The minimum Gasteiger partial charge on any atom is -0.462 e. The van der Waals surface area contributed by atoms with Gasteiger partial charge in [0.1, 0.15) is 6.61 Å². The second-order valence-corrected chi connectivity index (χ2v) is 19.7. The number of rotatable bonds is 54. The lowest BCUT2D eigenvalue weighted by atomic mass is 10.0. The molecule has 0 aromatic heterocycles. The van der Waals surface area contributed by atoms with Crippen LogP contribution in [0, 0.1) is 0 Å². The summed E-state index contributed by atoms with van der Waals surface area (Å²) < 4.78 is 10.7. The molecule has 0 aromatic rings. The van der Waals surface area contributed by atoms with Gasteiger partial charge in [0.2, 0.25) is 0 Å². The summed E-state index contributed by atoms with van der Waals surface area (Å²) in [7, 11) is 0. The van der Waals surface area contributed by atoms with Crippen LogP contribution < -0.4 is 0 Å². The highest BCUT2D eigenvalue weighted by Gasteiger charge is 2.16. The van der Waals surface area contributed by atoms with Crippen molar-refractivity contribution in [2.75, 3.05) is 13.2 Å². The number of hydrogen-bond donors (Lipinski definition) is 1. The fourth-order valence-electron chi connectivity index (χ4n) is 8.25. The van der Waals surface area contributed by atoms with Crippen LogP contribution in [0.2, 0.25) is 0 Å². The number of unbranched alkanes of at least 4 members (excludes halogenated alkanes) is 26. The Hall–Kier alpha value is -3.70. The first-order chi connectivity index (χ1) is 35.6. The third-order valence-electron chi connectivity index (χ3n) is 12.7. The number of aliphatic hydroxyl groups excluding tert-OH is 1. The second kappa shape index (κ2) is 61.6. The average molecular weight is 998 g/mol. The highest BCUT2D eigenvalue weighted by atomic mass is 16.6. The average Bonchev–Trinajstić information content (AvgIpc) is 3.38. The Bertz CT molecular complexity index is 1450. The van der Waals surface area contributed by atoms with Gasteiger partial charge in [-0.05, 0) is 109 Å². The van der Waals surface area contributed by atoms with E-state index in [4.69, 9.17) is 9.47 Å². The molecule has 0 aromatic carbocycles. The highest BCUT2D eigenvalue weighted by Crippen LogP contribution is 2.15. The molecule has 410 valence electrons. The Morgan fingerprint density at radius 3 is 0.903 bits per heavy atom. The van der Waals surface area contributed by atoms with Gasteiger partial charge in [-0.2, -0.15) is 0 Å². The smallest absolute Gasteiger partial charge is 0.306 e. The molecule has 72 heavy (non-hydrogen) atoms. The quantitative estimate of drug-likeness (QED) is 0.0373. The van der Waals surface area contributed by atoms with Crippen LogP contribution in [0.15, 0.2) is 122 Å². The van der Waals surface area contributed by atoms with Gasteiger partial charge in [0.05, 0.1) is 6.61 Å². The van der Waals surface area contributed by atoms with E-state index in [0.717, 1.165) is 96.3 Å². The molecule has 0 saturated carbocycles. The van der Waals surface area contributed by atoms with Gasteiger partial charge in [0.15, 0.2) is 6.10 Å². The summed E-state index contributed by atoms with van der Waals surface area (Å²) in [6.45, 7) is 4.02. The van der Waals surface area contributed by atoms with Crippen molar-refractivity contribution in [3.8, 4) is 0 Å². The molecule has 0 aliphatic rings. The molecular weight excluding hydrogens is 885 g/mol. The van der Waals surface area contributed by atoms with Crippen LogP contribution in [0.1, 0.15) is 271 Å². The van der Waals surface area contributed by atoms with Gasteiger partial charge in [-0.15, -0.1) is 0 Å². The topological polar surface area (TPSA) is 72.8 Å². The Morgan fingerprint density at radius 2 is 0.597 bits per heavy atom. The van der Waals surface area contributed by atoms with E-state index in [1.807, 2.05) is 0 Å². The Kier molecular flexibility index (Phi) is 58.4. The fraction of sp³-hybridized carbons (Fsp3) is 0.672. The summed E-state index contributed by atoms with van der Waals surface area (Å²) in [4.78, 5) is 24.5. The minimum atomic E-state index is -0.783. The molecule has 0 amide bonds. The molecule has 5 heteroatoms. The summed E-state index contributed by atoms with van der Waals surface area (Å²) in [6, 6.07) is 0. The van der Waals surface area contributed by atoms with Gasteiger partial charge in [0.25, 0.3) is 0 Å². The Labute approximate surface area is 445 Å². The first-order valence-electron chi connectivity index (χ1n) is 30.1. The molecule has 0 radical (unpaired) electrons. The minimum absolute atomic E-state index is 0.0732. The maximum atomic E-state index is 12.3. The normalized spacial score (nSPS) is 13.1. The van der Waals surface area contributed by atoms with E-state index in [1.54, 1.807) is 0 Å². The van der Waals surface area contributed by atoms with E-state index in [9.17, 15) is 14.7 Å². The number of aliphatic hydroxyl groups is 1. The third-order valence-corrected chi connectivity index (χ3v) is 12.7. The summed E-state index contributed by atoms with van der Waals surface area (Å²) in [5, 5.41) is 9.66. The van der Waals surface area contributed by atoms with Crippen LogP contribution in [-0.2, 0) is 19.1 Å². The molecule has 5 nitrogen and oxygen atoms in total. The van der Waals surface area contributed by atoms with E-state index in [0.29, 0.717) is 12.8 Å². The fourth-order valence-corrected chi connectivity index (χ4v) is 8.25. The largest absolute Gasteiger partial charge is 0.462 e. The zero-order valence-corrected chi connectivity index (χ0v) is 46.9. The highest BCUT2D eigenvalue weighted by molar-refractivity contribution is 5.70. The third kappa shape index (κ3) is 58.9. The lowest BCUT2D eigenvalue weighted by molar-refractivity contribution is -0.161. The van der Waals surface area contributed by atoms with Crippen molar-refractivity contribution >= 4 is 11.9 Å². The molecule has 0 rings (SSSR count). The van der Waals surface area contributed by atoms with Crippen molar-refractivity contribution in [1.29, 1.82) is 0 Å². The maximum Gasteiger partial charge on any atom is 0.306 e. The van der Waals surface area contributed by atoms with Gasteiger partial charge in [-0.3, -0.25) is 9.59 Å². The molecule has 0 bridgehead atoms. The monoisotopic (exact) mass is 997 g/mol. The molecule has 0 spiro atoms. The molecule has 1 atom stereocenters. The van der Waals surface area contributed by atoms with Crippen molar-refractivity contribution < 1.29 is 24.2 Å². The summed E-state index contributed by atoms with van der Waals surface area (Å²) in [5.41, 5.74) is 0. The standard InChI is InChI=1S/C67H112O5/c1-3-5-7-9-11-13-15-17-19-21-23-25-26-27-28-29-30-31-32-33-34-35-36-37-38-39-40-42-44-46-48-50-52-54-56-58-60-62-67(70)72-65(63-68)64-71-66(69)61-59-57-55-53-51-49-47-45-43-41-24-22-20-18-16-14-12-10-8-6-4-2/h5,7,11,13,16-19,22-25,27-28,30-31,33-34,36-37,65,68H,3-4,6,8-10,12,14-15,20-21,26,29,32,35,38-64H2,1-2H3/b7-5-,13-11-,18-16-,19-17-,24-22-,25-23-,28-27-,31-30-,34-33-,37-36-. The zero-order chi connectivity index (χ0) is 52.0. The van der Waals surface area contributed by atoms with Crippen molar-refractivity contribution in [3.05, 3.63) is 122 Å². The van der Waals surface area contributed by atoms with Gasteiger partial charge < -0.3 is 14.6 Å². The lowest BCUT2D eigenvalue weighted by Crippen LogP contribution is -2.28. The molecule has 0 fully saturated rings. The summed E-state index contributed by atoms with van der Waals surface area (Å²) in [5.74, 6) is -0.597. The van der Waals surface area contributed by atoms with E-state index >= 15 is 0 Å². The van der Waals surface area contributed by atoms with Gasteiger partial charge in [0, 0.05) is 12.8 Å². The summed E-state index contributed by atoms with van der Waals surface area (Å²) >= 11 is 0. The second-order valence-electron chi connectivity index (χ2n) is 19.7. The number of carbonyl (C=O) groups is 2. The molecule has 1 N–H and O–H groups in total. The number of carbonyl (C=O) groups excluding carboxylic acids is 2. The predicted octanol–water partition coefficient (Wildman–Crippen LogP) is 20.6. The Balaban J connectivity index is 3.54. The molecule has 0 saturated heterocycles. The molecule has 0 heterocycles. The van der Waals surface area contributed by atoms with E-state index < -0.39 is 6.10 Å². The Morgan fingerprint density at radius 1 is 0.333 bits per heavy atom. The lowest BCUT2D eigenvalue weighted by Gasteiger charge is -2.15. The van der Waals surface area contributed by atoms with E-state index in [2.05, 4.69) is 135 Å². The van der Waals surface area contributed by atoms with Crippen LogP contribution >= 0.6 is 0 Å². The first-order valence-corrected chi connectivity index (χ1v) is 30.1. The van der Waals surface area contributed by atoms with Crippen molar-refractivity contribution in [2.45, 2.75) is 277 Å². The van der Waals surface area contributed by atoms with E-state index in [-0.39, 0.29) is 25.2 Å². The van der Waals surface area contributed by atoms with Crippen LogP contribution in [0.4, 0.5) is 0 Å². The number of ether oxygens (including phenoxy) is 2. The zero-order valence-electron chi connectivity index (χ0n) is 46.9. The van der Waals surface area contributed by atoms with Crippen LogP contribution in [0.5, 0.6) is 0 Å². The maximum absolute atomic E-state index is 12.3. The number of esters is 2. The molecule has 1 unspecified atom stereocenters. The van der Waals surface area contributed by atoms with Crippen LogP contribution in [0.3, 0.4) is 0 Å². The summed E-state index contributed by atoms with van der Waals surface area (Å²) in [6.07, 6.45) is 90.3. The number of hydrogen-bond acceptors (Lipinski definition) is 5. The van der Waals surface area contributed by atoms with E-state index in [1.165, 1.54) is 148 Å². The van der Waals surface area contributed by atoms with Crippen LogP contribution in [-0.4, -0.2) is 36.4 Å². The van der Waals surface area contributed by atoms with Gasteiger partial charge in [-0.1, -0.05) is 270 Å². The van der Waals surface area contributed by atoms with Crippen molar-refractivity contribution in [2.24, 2.45) is 0 Å². The molecule has 0 aliphatic carbocycles. The predicted molar refractivity (Wildman–Crippen MR) is 315 cm³/mol. The van der Waals surface area contributed by atoms with Gasteiger partial charge in [-0.25, -0.2) is 0 Å².